The van der Waals surface area contributed by atoms with Crippen molar-refractivity contribution in [3.8, 4) is 0 Å². The number of aliphatic carboxylic acids is 1. The lowest BCUT2D eigenvalue weighted by molar-refractivity contribution is -0.139. The number of nitrogens with one attached hydrogen (secondary N) is 1. The van der Waals surface area contributed by atoms with Gasteiger partial charge in [-0.3, -0.25) is 4.79 Å². The van der Waals surface area contributed by atoms with Crippen LogP contribution in [-0.2, 0) is 4.79 Å². The van der Waals surface area contributed by atoms with E-state index in [0.29, 0.717) is 6.42 Å². The maximum atomic E-state index is 13.8. The van der Waals surface area contributed by atoms with Gasteiger partial charge in [0, 0.05) is 0 Å². The summed E-state index contributed by atoms with van der Waals surface area (Å²) in [6.07, 6.45) is 1.56. The molecule has 110 valence electrons. The highest BCUT2D eigenvalue weighted by Gasteiger charge is 2.24. The molecule has 0 aliphatic carbocycles. The lowest BCUT2D eigenvalue weighted by Crippen LogP contribution is -2.41. The lowest BCUT2D eigenvalue weighted by Gasteiger charge is -2.15. The third-order valence-corrected chi connectivity index (χ3v) is 2.96. The number of halogens is 2. The number of aryl methyl sites for hydroxylation is 1. The van der Waals surface area contributed by atoms with Gasteiger partial charge in [-0.1, -0.05) is 25.8 Å². The zero-order valence-corrected chi connectivity index (χ0v) is 11.4. The molecule has 1 atom stereocenters. The minimum atomic E-state index is -1.22. The fraction of sp³-hybridized carbons (Fsp3) is 0.429. The monoisotopic (exact) mass is 285 g/mol. The Morgan fingerprint density at radius 3 is 2.55 bits per heavy atom. The van der Waals surface area contributed by atoms with Gasteiger partial charge in [0.15, 0.2) is 0 Å². The van der Waals surface area contributed by atoms with Crippen molar-refractivity contribution in [2.75, 3.05) is 0 Å². The molecular weight excluding hydrogens is 268 g/mol. The van der Waals surface area contributed by atoms with Gasteiger partial charge in [0.05, 0.1) is 0 Å². The van der Waals surface area contributed by atoms with Gasteiger partial charge in [-0.15, -0.1) is 0 Å². The molecule has 0 bridgehead atoms. The molecule has 0 aliphatic heterocycles. The van der Waals surface area contributed by atoms with Crippen LogP contribution in [0.15, 0.2) is 12.1 Å². The first-order chi connectivity index (χ1) is 9.38. The maximum Gasteiger partial charge on any atom is 0.326 e. The number of carboxylic acid groups (broad SMARTS) is 1. The quantitative estimate of drug-likeness (QED) is 0.844. The van der Waals surface area contributed by atoms with E-state index in [9.17, 15) is 18.4 Å². The van der Waals surface area contributed by atoms with E-state index in [1.165, 1.54) is 13.0 Å². The summed E-state index contributed by atoms with van der Waals surface area (Å²) in [6, 6.07) is 1.05. The average molecular weight is 285 g/mol. The Hall–Kier alpha value is -1.98. The van der Waals surface area contributed by atoms with Gasteiger partial charge in [0.1, 0.15) is 23.2 Å². The van der Waals surface area contributed by atoms with Gasteiger partial charge in [-0.05, 0) is 25.0 Å². The topological polar surface area (TPSA) is 66.4 Å². The first-order valence-electron chi connectivity index (χ1n) is 6.36. The standard InChI is InChI=1S/C14H17F2NO3/c1-3-4-5-10(14(19)20)17-13(18)11-9(15)7-6-8(2)12(11)16/h6-7,10H,3-5H2,1-2H3,(H,17,18)(H,19,20)/t10-/m0/s1. The summed E-state index contributed by atoms with van der Waals surface area (Å²) in [7, 11) is 0. The Balaban J connectivity index is 2.95. The number of hydrogen-bond donors (Lipinski definition) is 2. The van der Waals surface area contributed by atoms with Crippen LogP contribution in [0.3, 0.4) is 0 Å². The third-order valence-electron chi connectivity index (χ3n) is 2.96. The molecule has 0 aliphatic rings. The van der Waals surface area contributed by atoms with Crippen LogP contribution in [0.1, 0.15) is 42.1 Å². The molecule has 0 heterocycles. The molecule has 20 heavy (non-hydrogen) atoms. The van der Waals surface area contributed by atoms with Gasteiger partial charge >= 0.3 is 5.97 Å². The summed E-state index contributed by atoms with van der Waals surface area (Å²) >= 11 is 0. The molecule has 4 nitrogen and oxygen atoms in total. The molecule has 0 aromatic heterocycles. The molecule has 0 radical (unpaired) electrons. The first-order valence-corrected chi connectivity index (χ1v) is 6.36. The number of benzene rings is 1. The van der Waals surface area contributed by atoms with Crippen molar-refractivity contribution in [1.29, 1.82) is 0 Å². The lowest BCUT2D eigenvalue weighted by atomic mass is 10.1. The van der Waals surface area contributed by atoms with E-state index in [1.807, 2.05) is 6.92 Å². The molecule has 6 heteroatoms. The van der Waals surface area contributed by atoms with Crippen molar-refractivity contribution in [1.82, 2.24) is 5.32 Å². The highest BCUT2D eigenvalue weighted by molar-refractivity contribution is 5.97. The maximum absolute atomic E-state index is 13.8. The van der Waals surface area contributed by atoms with Gasteiger partial charge in [0.25, 0.3) is 5.91 Å². The zero-order valence-electron chi connectivity index (χ0n) is 11.4. The second-order valence-electron chi connectivity index (χ2n) is 4.56. The van der Waals surface area contributed by atoms with E-state index in [0.717, 1.165) is 12.5 Å². The smallest absolute Gasteiger partial charge is 0.326 e. The molecule has 1 rings (SSSR count). The Morgan fingerprint density at radius 2 is 2.00 bits per heavy atom. The van der Waals surface area contributed by atoms with Crippen LogP contribution in [0, 0.1) is 18.6 Å². The van der Waals surface area contributed by atoms with Crippen molar-refractivity contribution < 1.29 is 23.5 Å². The highest BCUT2D eigenvalue weighted by atomic mass is 19.1. The molecule has 0 spiro atoms. The van der Waals surface area contributed by atoms with E-state index < -0.39 is 35.1 Å². The van der Waals surface area contributed by atoms with E-state index in [4.69, 9.17) is 5.11 Å². The average Bonchev–Trinajstić information content (AvgIpc) is 2.39. The molecule has 0 saturated heterocycles. The Labute approximate surface area is 115 Å². The minimum Gasteiger partial charge on any atom is -0.480 e. The van der Waals surface area contributed by atoms with Gasteiger partial charge in [0.2, 0.25) is 0 Å². The number of hydrogen-bond acceptors (Lipinski definition) is 2. The van der Waals surface area contributed by atoms with Crippen LogP contribution in [0.25, 0.3) is 0 Å². The summed E-state index contributed by atoms with van der Waals surface area (Å²) < 4.78 is 27.3. The van der Waals surface area contributed by atoms with Crippen molar-refractivity contribution in [3.63, 3.8) is 0 Å². The van der Waals surface area contributed by atoms with Gasteiger partial charge in [-0.2, -0.15) is 0 Å². The van der Waals surface area contributed by atoms with Crippen molar-refractivity contribution in [3.05, 3.63) is 34.9 Å². The fourth-order valence-corrected chi connectivity index (χ4v) is 1.76. The van der Waals surface area contributed by atoms with Crippen LogP contribution in [-0.4, -0.2) is 23.0 Å². The van der Waals surface area contributed by atoms with Crippen LogP contribution in [0.2, 0.25) is 0 Å². The Kier molecular flexibility index (Phi) is 5.61. The minimum absolute atomic E-state index is 0.122. The second-order valence-corrected chi connectivity index (χ2v) is 4.56. The van der Waals surface area contributed by atoms with E-state index >= 15 is 0 Å². The summed E-state index contributed by atoms with van der Waals surface area (Å²) in [4.78, 5) is 22.9. The van der Waals surface area contributed by atoms with Crippen molar-refractivity contribution >= 4 is 11.9 Å². The van der Waals surface area contributed by atoms with Crippen LogP contribution < -0.4 is 5.32 Å². The summed E-state index contributed by atoms with van der Waals surface area (Å²) in [5.74, 6) is -4.25. The van der Waals surface area contributed by atoms with Crippen LogP contribution in [0.4, 0.5) is 8.78 Å². The predicted octanol–water partition coefficient (Wildman–Crippen LogP) is 2.65. The molecule has 1 aromatic rings. The first kappa shape index (κ1) is 16.1. The highest BCUT2D eigenvalue weighted by Crippen LogP contribution is 2.16. The van der Waals surface area contributed by atoms with E-state index in [1.54, 1.807) is 0 Å². The van der Waals surface area contributed by atoms with Crippen LogP contribution >= 0.6 is 0 Å². The molecule has 0 saturated carbocycles. The van der Waals surface area contributed by atoms with E-state index in [-0.39, 0.29) is 12.0 Å². The number of carboxylic acids is 1. The van der Waals surface area contributed by atoms with Gasteiger partial charge in [-0.25, -0.2) is 13.6 Å². The largest absolute Gasteiger partial charge is 0.480 e. The summed E-state index contributed by atoms with van der Waals surface area (Å²) in [5.41, 5.74) is -0.621. The molecule has 0 fully saturated rings. The summed E-state index contributed by atoms with van der Waals surface area (Å²) in [6.45, 7) is 3.28. The molecule has 0 unspecified atom stereocenters. The Morgan fingerprint density at radius 1 is 1.35 bits per heavy atom. The number of rotatable bonds is 6. The molecule has 1 amide bonds. The number of carbonyl (C=O) groups is 2. The van der Waals surface area contributed by atoms with Crippen molar-refractivity contribution in [2.24, 2.45) is 0 Å². The predicted molar refractivity (Wildman–Crippen MR) is 69.5 cm³/mol. The van der Waals surface area contributed by atoms with E-state index in [2.05, 4.69) is 5.32 Å². The van der Waals surface area contributed by atoms with Gasteiger partial charge < -0.3 is 10.4 Å². The molecule has 2 N–H and O–H groups in total. The van der Waals surface area contributed by atoms with Crippen molar-refractivity contribution in [2.45, 2.75) is 39.2 Å². The number of carbonyl (C=O) groups excluding carboxylic acids is 1. The number of amides is 1. The van der Waals surface area contributed by atoms with Crippen LogP contribution in [0.5, 0.6) is 0 Å². The SMILES string of the molecule is CCCC[C@H](NC(=O)c1c(F)ccc(C)c1F)C(=O)O. The molecule has 1 aromatic carbocycles. The fourth-order valence-electron chi connectivity index (χ4n) is 1.76. The third kappa shape index (κ3) is 3.76. The summed E-state index contributed by atoms with van der Waals surface area (Å²) in [5, 5.41) is 11.1. The number of unbranched alkanes of at least 4 members (excludes halogenated alkanes) is 1. The zero-order chi connectivity index (χ0) is 15.3. The Bertz CT molecular complexity index is 517. The normalized spacial score (nSPS) is 12.0. The molecular formula is C14H17F2NO3. The second kappa shape index (κ2) is 6.98.